The fourth-order valence-corrected chi connectivity index (χ4v) is 4.10. The lowest BCUT2D eigenvalue weighted by molar-refractivity contribution is 0.527. The topological polar surface area (TPSA) is 26.0 Å². The molecule has 14 heavy (non-hydrogen) atoms. The molecule has 0 amide bonds. The molecule has 78 valence electrons. The fourth-order valence-electron chi connectivity index (χ4n) is 2.02. The van der Waals surface area contributed by atoms with Gasteiger partial charge >= 0.3 is 0 Å². The molecule has 1 saturated heterocycles. The van der Waals surface area contributed by atoms with E-state index < -0.39 is 0 Å². The molecule has 1 unspecified atom stereocenters. The van der Waals surface area contributed by atoms with Crippen molar-refractivity contribution in [1.82, 2.24) is 0 Å². The Morgan fingerprint density at radius 2 is 2.43 bits per heavy atom. The fraction of sp³-hybridized carbons (Fsp3) is 0.636. The second kappa shape index (κ2) is 4.69. The number of thioether (sulfide) groups is 1. The van der Waals surface area contributed by atoms with E-state index in [1.165, 1.54) is 37.0 Å². The number of nitrogens with two attached hydrogens (primary N) is 1. The van der Waals surface area contributed by atoms with Crippen molar-refractivity contribution in [3.05, 3.63) is 22.4 Å². The summed E-state index contributed by atoms with van der Waals surface area (Å²) in [6, 6.07) is 2.23. The van der Waals surface area contributed by atoms with Crippen LogP contribution in [0.1, 0.15) is 24.8 Å². The molecule has 0 radical (unpaired) electrons. The molecule has 0 aromatic carbocycles. The standard InChI is InChI=1S/C11H17NS2/c12-9-11(4-1-6-14-11)5-2-10-3-7-13-8-10/h3,7-8H,1-2,4-6,9,12H2. The van der Waals surface area contributed by atoms with Gasteiger partial charge in [-0.1, -0.05) is 0 Å². The lowest BCUT2D eigenvalue weighted by Crippen LogP contribution is -2.32. The van der Waals surface area contributed by atoms with Gasteiger partial charge in [-0.05, 0) is 53.8 Å². The van der Waals surface area contributed by atoms with Gasteiger partial charge in [-0.3, -0.25) is 0 Å². The maximum atomic E-state index is 5.89. The maximum Gasteiger partial charge on any atom is 0.0285 e. The molecule has 2 N–H and O–H groups in total. The highest BCUT2D eigenvalue weighted by Gasteiger charge is 2.32. The van der Waals surface area contributed by atoms with Crippen LogP contribution >= 0.6 is 23.1 Å². The molecule has 0 saturated carbocycles. The van der Waals surface area contributed by atoms with Crippen LogP contribution in [0.3, 0.4) is 0 Å². The van der Waals surface area contributed by atoms with E-state index in [9.17, 15) is 0 Å². The molecule has 1 aromatic rings. The lowest BCUT2D eigenvalue weighted by atomic mass is 9.96. The van der Waals surface area contributed by atoms with Crippen molar-refractivity contribution in [3.63, 3.8) is 0 Å². The quantitative estimate of drug-likeness (QED) is 0.856. The molecule has 2 rings (SSSR count). The third-order valence-corrected chi connectivity index (χ3v) is 5.42. The van der Waals surface area contributed by atoms with Crippen molar-refractivity contribution >= 4 is 23.1 Å². The Morgan fingerprint density at radius 3 is 3.00 bits per heavy atom. The molecular weight excluding hydrogens is 210 g/mol. The van der Waals surface area contributed by atoms with E-state index in [2.05, 4.69) is 28.6 Å². The summed E-state index contributed by atoms with van der Waals surface area (Å²) < 4.78 is 0.405. The molecular formula is C11H17NS2. The molecule has 1 atom stereocenters. The number of hydrogen-bond acceptors (Lipinski definition) is 3. The second-order valence-electron chi connectivity index (χ2n) is 3.97. The van der Waals surface area contributed by atoms with Gasteiger partial charge < -0.3 is 5.73 Å². The Kier molecular flexibility index (Phi) is 3.52. The Labute approximate surface area is 94.1 Å². The molecule has 1 aliphatic heterocycles. The molecule has 1 aliphatic rings. The molecule has 3 heteroatoms. The first-order valence-electron chi connectivity index (χ1n) is 5.20. The van der Waals surface area contributed by atoms with E-state index in [1.807, 2.05) is 0 Å². The van der Waals surface area contributed by atoms with Crippen LogP contribution in [0.5, 0.6) is 0 Å². The average Bonchev–Trinajstić information content (AvgIpc) is 2.87. The van der Waals surface area contributed by atoms with Gasteiger partial charge in [0.05, 0.1) is 0 Å². The van der Waals surface area contributed by atoms with Crippen molar-refractivity contribution in [1.29, 1.82) is 0 Å². The third-order valence-electron chi connectivity index (χ3n) is 3.01. The smallest absolute Gasteiger partial charge is 0.0285 e. The van der Waals surface area contributed by atoms with Crippen LogP contribution in [0, 0.1) is 0 Å². The van der Waals surface area contributed by atoms with E-state index in [-0.39, 0.29) is 0 Å². The highest BCUT2D eigenvalue weighted by atomic mass is 32.2. The van der Waals surface area contributed by atoms with Crippen LogP contribution < -0.4 is 5.73 Å². The molecule has 1 aromatic heterocycles. The van der Waals surface area contributed by atoms with Gasteiger partial charge in [-0.25, -0.2) is 0 Å². The number of rotatable bonds is 4. The van der Waals surface area contributed by atoms with Crippen molar-refractivity contribution < 1.29 is 0 Å². The Hall–Kier alpha value is 0.01000. The normalized spacial score (nSPS) is 26.9. The predicted molar refractivity (Wildman–Crippen MR) is 66.1 cm³/mol. The molecule has 0 spiro atoms. The Bertz CT molecular complexity index is 263. The highest BCUT2D eigenvalue weighted by molar-refractivity contribution is 8.00. The predicted octanol–water partition coefficient (Wildman–Crippen LogP) is 2.91. The van der Waals surface area contributed by atoms with Crippen molar-refractivity contribution in [2.45, 2.75) is 30.4 Å². The van der Waals surface area contributed by atoms with Gasteiger partial charge in [-0.2, -0.15) is 23.1 Å². The minimum atomic E-state index is 0.405. The number of hydrogen-bond donors (Lipinski definition) is 1. The van der Waals surface area contributed by atoms with E-state index in [1.54, 1.807) is 11.3 Å². The van der Waals surface area contributed by atoms with Crippen LogP contribution in [0.25, 0.3) is 0 Å². The van der Waals surface area contributed by atoms with Crippen molar-refractivity contribution in [3.8, 4) is 0 Å². The molecule has 1 nitrogen and oxygen atoms in total. The number of thiophene rings is 1. The lowest BCUT2D eigenvalue weighted by Gasteiger charge is -2.25. The summed E-state index contributed by atoms with van der Waals surface area (Å²) >= 11 is 3.88. The SMILES string of the molecule is NCC1(CCc2ccsc2)CCCS1. The van der Waals surface area contributed by atoms with Crippen molar-refractivity contribution in [2.75, 3.05) is 12.3 Å². The van der Waals surface area contributed by atoms with E-state index >= 15 is 0 Å². The van der Waals surface area contributed by atoms with E-state index in [4.69, 9.17) is 5.73 Å². The maximum absolute atomic E-state index is 5.89. The third kappa shape index (κ3) is 2.33. The average molecular weight is 227 g/mol. The number of aryl methyl sites for hydroxylation is 1. The van der Waals surface area contributed by atoms with Crippen LogP contribution in [-0.2, 0) is 6.42 Å². The molecule has 0 aliphatic carbocycles. The zero-order chi connectivity index (χ0) is 9.86. The van der Waals surface area contributed by atoms with Gasteiger partial charge in [0.15, 0.2) is 0 Å². The van der Waals surface area contributed by atoms with E-state index in [0.717, 1.165) is 6.54 Å². The Morgan fingerprint density at radius 1 is 1.50 bits per heavy atom. The largest absolute Gasteiger partial charge is 0.329 e. The van der Waals surface area contributed by atoms with Gasteiger partial charge in [0, 0.05) is 11.3 Å². The summed E-state index contributed by atoms with van der Waals surface area (Å²) in [7, 11) is 0. The highest BCUT2D eigenvalue weighted by Crippen LogP contribution is 2.40. The first-order chi connectivity index (χ1) is 6.85. The molecule has 2 heterocycles. The van der Waals surface area contributed by atoms with Crippen LogP contribution in [0.15, 0.2) is 16.8 Å². The molecule has 1 fully saturated rings. The zero-order valence-corrected chi connectivity index (χ0v) is 10.0. The Balaban J connectivity index is 1.89. The van der Waals surface area contributed by atoms with Gasteiger partial charge in [0.25, 0.3) is 0 Å². The summed E-state index contributed by atoms with van der Waals surface area (Å²) in [5.41, 5.74) is 7.37. The monoisotopic (exact) mass is 227 g/mol. The van der Waals surface area contributed by atoms with Gasteiger partial charge in [0.2, 0.25) is 0 Å². The minimum Gasteiger partial charge on any atom is -0.329 e. The summed E-state index contributed by atoms with van der Waals surface area (Å²) in [5, 5.41) is 4.41. The van der Waals surface area contributed by atoms with E-state index in [0.29, 0.717) is 4.75 Å². The minimum absolute atomic E-state index is 0.405. The van der Waals surface area contributed by atoms with Gasteiger partial charge in [0.1, 0.15) is 0 Å². The second-order valence-corrected chi connectivity index (χ2v) is 6.31. The molecule has 0 bridgehead atoms. The van der Waals surface area contributed by atoms with Crippen LogP contribution in [-0.4, -0.2) is 17.0 Å². The van der Waals surface area contributed by atoms with Gasteiger partial charge in [-0.15, -0.1) is 0 Å². The van der Waals surface area contributed by atoms with Crippen LogP contribution in [0.2, 0.25) is 0 Å². The zero-order valence-electron chi connectivity index (χ0n) is 8.37. The first-order valence-corrected chi connectivity index (χ1v) is 7.13. The van der Waals surface area contributed by atoms with Crippen molar-refractivity contribution in [2.24, 2.45) is 5.73 Å². The first kappa shape index (κ1) is 10.5. The summed E-state index contributed by atoms with van der Waals surface area (Å²) in [6.45, 7) is 0.849. The van der Waals surface area contributed by atoms with Crippen LogP contribution in [0.4, 0.5) is 0 Å². The summed E-state index contributed by atoms with van der Waals surface area (Å²) in [5.74, 6) is 1.31. The summed E-state index contributed by atoms with van der Waals surface area (Å²) in [4.78, 5) is 0. The summed E-state index contributed by atoms with van der Waals surface area (Å²) in [6.07, 6.45) is 5.13.